The Kier molecular flexibility index (Phi) is 3.83. The molecule has 0 saturated carbocycles. The van der Waals surface area contributed by atoms with Crippen LogP contribution >= 0.6 is 0 Å². The molecule has 1 aromatic heterocycles. The molecule has 1 heterocycles. The molecule has 0 aliphatic heterocycles. The van der Waals surface area contributed by atoms with Crippen molar-refractivity contribution in [2.45, 2.75) is 32.2 Å². The first kappa shape index (κ1) is 10.9. The van der Waals surface area contributed by atoms with Gasteiger partial charge in [-0.05, 0) is 6.42 Å². The minimum atomic E-state index is -0.0378. The Bertz CT molecular complexity index is 306. The average molecular weight is 195 g/mol. The normalized spacial score (nSPS) is 12.8. The number of rotatable bonds is 5. The highest BCUT2D eigenvalue weighted by molar-refractivity contribution is 5.93. The van der Waals surface area contributed by atoms with Gasteiger partial charge in [-0.1, -0.05) is 13.3 Å². The van der Waals surface area contributed by atoms with Crippen molar-refractivity contribution in [3.63, 3.8) is 0 Å². The Balaban J connectivity index is 2.55. The van der Waals surface area contributed by atoms with Gasteiger partial charge >= 0.3 is 0 Å². The van der Waals surface area contributed by atoms with Gasteiger partial charge in [-0.2, -0.15) is 0 Å². The summed E-state index contributed by atoms with van der Waals surface area (Å²) in [6.45, 7) is 2.06. The quantitative estimate of drug-likeness (QED) is 0.716. The fraction of sp³-hybridized carbons (Fsp3) is 0.600. The lowest BCUT2D eigenvalue weighted by molar-refractivity contribution is 0.0960. The number of aryl methyl sites for hydroxylation is 1. The predicted octanol–water partition coefficient (Wildman–Crippen LogP) is 1.12. The molecule has 0 amide bonds. The molecule has 0 bridgehead atoms. The maximum absolute atomic E-state index is 11.6. The van der Waals surface area contributed by atoms with E-state index in [1.807, 2.05) is 7.05 Å². The zero-order chi connectivity index (χ0) is 10.6. The number of hydrogen-bond donors (Lipinski definition) is 1. The molecular formula is C10H17N3O. The van der Waals surface area contributed by atoms with Crippen LogP contribution in [-0.4, -0.2) is 21.4 Å². The molecule has 1 unspecified atom stereocenters. The predicted molar refractivity (Wildman–Crippen MR) is 55.0 cm³/mol. The lowest BCUT2D eigenvalue weighted by Crippen LogP contribution is -2.24. The molecule has 1 rings (SSSR count). The number of hydrogen-bond acceptors (Lipinski definition) is 3. The van der Waals surface area contributed by atoms with Crippen LogP contribution in [0.2, 0.25) is 0 Å². The first-order valence-electron chi connectivity index (χ1n) is 4.91. The Hall–Kier alpha value is -1.16. The average Bonchev–Trinajstić information content (AvgIpc) is 2.51. The van der Waals surface area contributed by atoms with Crippen molar-refractivity contribution < 1.29 is 4.79 Å². The Morgan fingerprint density at radius 1 is 1.71 bits per heavy atom. The van der Waals surface area contributed by atoms with E-state index in [0.717, 1.165) is 12.8 Å². The molecule has 0 aromatic carbocycles. The molecule has 14 heavy (non-hydrogen) atoms. The highest BCUT2D eigenvalue weighted by atomic mass is 16.1. The largest absolute Gasteiger partial charge is 0.332 e. The highest BCUT2D eigenvalue weighted by Crippen LogP contribution is 2.05. The summed E-state index contributed by atoms with van der Waals surface area (Å²) < 4.78 is 1.72. The Labute approximate surface area is 84.1 Å². The molecular weight excluding hydrogens is 178 g/mol. The maximum atomic E-state index is 11.6. The van der Waals surface area contributed by atoms with E-state index in [9.17, 15) is 4.79 Å². The standard InChI is InChI=1S/C10H17N3O/c1-3-4-8(11)7-9(14)10-12-5-6-13(10)2/h5-6,8H,3-4,7,11H2,1-2H3. The molecule has 78 valence electrons. The van der Waals surface area contributed by atoms with E-state index in [0.29, 0.717) is 12.2 Å². The third-order valence-corrected chi connectivity index (χ3v) is 2.18. The van der Waals surface area contributed by atoms with Crippen molar-refractivity contribution in [3.8, 4) is 0 Å². The van der Waals surface area contributed by atoms with Crippen molar-refractivity contribution >= 4 is 5.78 Å². The summed E-state index contributed by atoms with van der Waals surface area (Å²) in [4.78, 5) is 15.6. The number of Topliss-reactive ketones (excluding diaryl/α,β-unsaturated/α-hetero) is 1. The molecule has 0 aliphatic carbocycles. The van der Waals surface area contributed by atoms with Gasteiger partial charge in [0.05, 0.1) is 0 Å². The molecule has 0 radical (unpaired) electrons. The SMILES string of the molecule is CCCC(N)CC(=O)c1nccn1C. The summed E-state index contributed by atoms with van der Waals surface area (Å²) in [5, 5.41) is 0. The van der Waals surface area contributed by atoms with Crippen molar-refractivity contribution in [1.82, 2.24) is 9.55 Å². The lowest BCUT2D eigenvalue weighted by atomic mass is 10.1. The molecule has 2 N–H and O–H groups in total. The van der Waals surface area contributed by atoms with E-state index < -0.39 is 0 Å². The summed E-state index contributed by atoms with van der Waals surface area (Å²) in [5.74, 6) is 0.523. The van der Waals surface area contributed by atoms with Crippen LogP contribution in [0.3, 0.4) is 0 Å². The summed E-state index contributed by atoms with van der Waals surface area (Å²) in [6, 6.07) is -0.0378. The van der Waals surface area contributed by atoms with Gasteiger partial charge in [0.25, 0.3) is 0 Å². The summed E-state index contributed by atoms with van der Waals surface area (Å²) in [7, 11) is 1.81. The van der Waals surface area contributed by atoms with Gasteiger partial charge in [0.2, 0.25) is 0 Å². The number of nitrogens with two attached hydrogens (primary N) is 1. The first-order valence-corrected chi connectivity index (χ1v) is 4.91. The van der Waals surface area contributed by atoms with Gasteiger partial charge < -0.3 is 10.3 Å². The summed E-state index contributed by atoms with van der Waals surface area (Å²) in [5.41, 5.74) is 5.78. The van der Waals surface area contributed by atoms with E-state index in [1.165, 1.54) is 0 Å². The molecule has 0 aliphatic rings. The van der Waals surface area contributed by atoms with E-state index in [-0.39, 0.29) is 11.8 Å². The molecule has 4 heteroatoms. The van der Waals surface area contributed by atoms with Gasteiger partial charge in [0.15, 0.2) is 11.6 Å². The van der Waals surface area contributed by atoms with Crippen LogP contribution in [0.25, 0.3) is 0 Å². The number of carbonyl (C=O) groups excluding carboxylic acids is 1. The summed E-state index contributed by atoms with van der Waals surface area (Å²) >= 11 is 0. The molecule has 1 aromatic rings. The topological polar surface area (TPSA) is 60.9 Å². The van der Waals surface area contributed by atoms with Gasteiger partial charge in [0.1, 0.15) is 0 Å². The third-order valence-electron chi connectivity index (χ3n) is 2.18. The Morgan fingerprint density at radius 2 is 2.43 bits per heavy atom. The van der Waals surface area contributed by atoms with E-state index in [2.05, 4.69) is 11.9 Å². The van der Waals surface area contributed by atoms with E-state index in [1.54, 1.807) is 17.0 Å². The van der Waals surface area contributed by atoms with Crippen LogP contribution in [0.1, 0.15) is 36.8 Å². The lowest BCUT2D eigenvalue weighted by Gasteiger charge is -2.08. The molecule has 0 fully saturated rings. The summed E-state index contributed by atoms with van der Waals surface area (Å²) in [6.07, 6.45) is 5.67. The zero-order valence-corrected chi connectivity index (χ0v) is 8.73. The van der Waals surface area contributed by atoms with Gasteiger partial charge in [-0.3, -0.25) is 4.79 Å². The van der Waals surface area contributed by atoms with Crippen LogP contribution in [0.15, 0.2) is 12.4 Å². The molecule has 0 spiro atoms. The van der Waals surface area contributed by atoms with E-state index >= 15 is 0 Å². The van der Waals surface area contributed by atoms with Crippen molar-refractivity contribution in [3.05, 3.63) is 18.2 Å². The van der Waals surface area contributed by atoms with E-state index in [4.69, 9.17) is 5.73 Å². The monoisotopic (exact) mass is 195 g/mol. The maximum Gasteiger partial charge on any atom is 0.199 e. The number of ketones is 1. The van der Waals surface area contributed by atoms with Crippen molar-refractivity contribution in [1.29, 1.82) is 0 Å². The highest BCUT2D eigenvalue weighted by Gasteiger charge is 2.14. The number of nitrogens with zero attached hydrogens (tertiary/aromatic N) is 2. The molecule has 4 nitrogen and oxygen atoms in total. The number of carbonyl (C=O) groups is 1. The van der Waals surface area contributed by atoms with Crippen LogP contribution in [0.5, 0.6) is 0 Å². The number of imidazole rings is 1. The fourth-order valence-electron chi connectivity index (χ4n) is 1.44. The van der Waals surface area contributed by atoms with Crippen LogP contribution in [0, 0.1) is 0 Å². The van der Waals surface area contributed by atoms with Crippen molar-refractivity contribution in [2.24, 2.45) is 12.8 Å². The number of aromatic nitrogens is 2. The van der Waals surface area contributed by atoms with Crippen LogP contribution in [-0.2, 0) is 7.05 Å². The van der Waals surface area contributed by atoms with Crippen LogP contribution < -0.4 is 5.73 Å². The fourth-order valence-corrected chi connectivity index (χ4v) is 1.44. The van der Waals surface area contributed by atoms with Gasteiger partial charge in [-0.15, -0.1) is 0 Å². The zero-order valence-electron chi connectivity index (χ0n) is 8.73. The Morgan fingerprint density at radius 3 is 2.93 bits per heavy atom. The minimum Gasteiger partial charge on any atom is -0.332 e. The second kappa shape index (κ2) is 4.91. The van der Waals surface area contributed by atoms with Gasteiger partial charge in [0, 0.05) is 31.9 Å². The van der Waals surface area contributed by atoms with Crippen molar-refractivity contribution in [2.75, 3.05) is 0 Å². The third kappa shape index (κ3) is 2.67. The smallest absolute Gasteiger partial charge is 0.199 e. The van der Waals surface area contributed by atoms with Crippen LogP contribution in [0.4, 0.5) is 0 Å². The second-order valence-electron chi connectivity index (χ2n) is 3.54. The molecule has 0 saturated heterocycles. The van der Waals surface area contributed by atoms with Gasteiger partial charge in [-0.25, -0.2) is 4.98 Å². The minimum absolute atomic E-state index is 0.0263. The second-order valence-corrected chi connectivity index (χ2v) is 3.54. The first-order chi connectivity index (χ1) is 6.65. The molecule has 1 atom stereocenters.